The highest BCUT2D eigenvalue weighted by molar-refractivity contribution is 9.10. The molecule has 0 saturated carbocycles. The van der Waals surface area contributed by atoms with Crippen LogP contribution in [0.3, 0.4) is 0 Å². The van der Waals surface area contributed by atoms with Gasteiger partial charge in [0.05, 0.1) is 5.56 Å². The second kappa shape index (κ2) is 5.51. The number of halogens is 3. The van der Waals surface area contributed by atoms with Crippen molar-refractivity contribution in [2.75, 3.05) is 13.1 Å². The number of benzene rings is 1. The van der Waals surface area contributed by atoms with Crippen molar-refractivity contribution in [1.29, 1.82) is 0 Å². The predicted molar refractivity (Wildman–Crippen MR) is 64.8 cm³/mol. The molecular formula is C11H10BrF2N3O. The molecule has 1 aliphatic heterocycles. The van der Waals surface area contributed by atoms with E-state index in [0.29, 0.717) is 6.29 Å². The van der Waals surface area contributed by atoms with Crippen LogP contribution in [0, 0.1) is 11.6 Å². The highest BCUT2D eigenvalue weighted by Crippen LogP contribution is 2.30. The van der Waals surface area contributed by atoms with Crippen LogP contribution in [0.25, 0.3) is 0 Å². The smallest absolute Gasteiger partial charge is 0.165 e. The summed E-state index contributed by atoms with van der Waals surface area (Å²) in [5.74, 6) is -1.85. The Balaban J connectivity index is 2.34. The van der Waals surface area contributed by atoms with Crippen molar-refractivity contribution in [1.82, 2.24) is 5.01 Å². The summed E-state index contributed by atoms with van der Waals surface area (Å²) < 4.78 is 27.4. The minimum atomic E-state index is -1.00. The zero-order chi connectivity index (χ0) is 13.1. The molecule has 96 valence electrons. The summed E-state index contributed by atoms with van der Waals surface area (Å²) in [7, 11) is 0. The average molecular weight is 318 g/mol. The van der Waals surface area contributed by atoms with Gasteiger partial charge in [-0.05, 0) is 34.8 Å². The fourth-order valence-electron chi connectivity index (χ4n) is 1.69. The number of aldehydes is 1. The van der Waals surface area contributed by atoms with Gasteiger partial charge in [-0.15, -0.1) is 5.11 Å². The molecular weight excluding hydrogens is 308 g/mol. The van der Waals surface area contributed by atoms with Gasteiger partial charge in [0.15, 0.2) is 23.6 Å². The first-order chi connectivity index (χ1) is 8.63. The molecule has 0 atom stereocenters. The zero-order valence-corrected chi connectivity index (χ0v) is 11.0. The van der Waals surface area contributed by atoms with Crippen molar-refractivity contribution in [3.63, 3.8) is 0 Å². The van der Waals surface area contributed by atoms with E-state index in [2.05, 4.69) is 26.3 Å². The molecule has 1 aromatic rings. The second-order valence-electron chi connectivity index (χ2n) is 3.88. The normalized spacial score (nSPS) is 15.6. The third-order valence-corrected chi connectivity index (χ3v) is 3.31. The Kier molecular flexibility index (Phi) is 4.00. The molecule has 0 aromatic heterocycles. The molecule has 0 spiro atoms. The Hall–Kier alpha value is -1.37. The Morgan fingerprint density at radius 1 is 1.33 bits per heavy atom. The zero-order valence-electron chi connectivity index (χ0n) is 9.37. The van der Waals surface area contributed by atoms with Gasteiger partial charge in [-0.25, -0.2) is 8.78 Å². The first-order valence-corrected chi connectivity index (χ1v) is 6.22. The lowest BCUT2D eigenvalue weighted by Crippen LogP contribution is -2.09. The monoisotopic (exact) mass is 317 g/mol. The maximum Gasteiger partial charge on any atom is 0.165 e. The lowest BCUT2D eigenvalue weighted by molar-refractivity contribution is 0.111. The molecule has 18 heavy (non-hydrogen) atoms. The quantitative estimate of drug-likeness (QED) is 0.631. The first-order valence-electron chi connectivity index (χ1n) is 5.42. The molecule has 7 heteroatoms. The highest BCUT2D eigenvalue weighted by Gasteiger charge is 2.18. The number of hydrogen-bond donors (Lipinski definition) is 0. The largest absolute Gasteiger partial charge is 0.298 e. The summed E-state index contributed by atoms with van der Waals surface area (Å²) in [5.41, 5.74) is -0.793. The maximum atomic E-state index is 13.8. The average Bonchev–Trinajstić information content (AvgIpc) is 2.81. The van der Waals surface area contributed by atoms with Crippen LogP contribution in [0.1, 0.15) is 23.2 Å². The topological polar surface area (TPSA) is 45.0 Å². The molecule has 1 saturated heterocycles. The molecule has 0 aliphatic carbocycles. The minimum Gasteiger partial charge on any atom is -0.298 e. The number of carbonyl (C=O) groups excluding carboxylic acids is 1. The molecule has 0 amide bonds. The fraction of sp³-hybridized carbons (Fsp3) is 0.364. The van der Waals surface area contributed by atoms with Crippen molar-refractivity contribution < 1.29 is 13.6 Å². The van der Waals surface area contributed by atoms with Gasteiger partial charge in [0.2, 0.25) is 0 Å². The van der Waals surface area contributed by atoms with Gasteiger partial charge in [0, 0.05) is 17.6 Å². The van der Waals surface area contributed by atoms with Gasteiger partial charge >= 0.3 is 0 Å². The summed E-state index contributed by atoms with van der Waals surface area (Å²) >= 11 is 2.92. The lowest BCUT2D eigenvalue weighted by atomic mass is 10.2. The van der Waals surface area contributed by atoms with E-state index in [9.17, 15) is 13.6 Å². The van der Waals surface area contributed by atoms with E-state index in [0.717, 1.165) is 32.0 Å². The number of nitrogens with zero attached hydrogens (tertiary/aromatic N) is 3. The second-order valence-corrected chi connectivity index (χ2v) is 4.74. The van der Waals surface area contributed by atoms with Crippen LogP contribution in [-0.2, 0) is 0 Å². The van der Waals surface area contributed by atoms with Crippen LogP contribution < -0.4 is 0 Å². The Morgan fingerprint density at radius 3 is 2.61 bits per heavy atom. The van der Waals surface area contributed by atoms with Crippen LogP contribution in [-0.4, -0.2) is 24.4 Å². The summed E-state index contributed by atoms with van der Waals surface area (Å²) in [6, 6.07) is 1.01. The number of rotatable bonds is 3. The van der Waals surface area contributed by atoms with Gasteiger partial charge in [-0.2, -0.15) is 0 Å². The maximum absolute atomic E-state index is 13.8. The van der Waals surface area contributed by atoms with Crippen LogP contribution >= 0.6 is 15.9 Å². The number of hydrogen-bond acceptors (Lipinski definition) is 3. The first kappa shape index (κ1) is 13.1. The van der Waals surface area contributed by atoms with Gasteiger partial charge < -0.3 is 0 Å². The van der Waals surface area contributed by atoms with E-state index >= 15 is 0 Å². The van der Waals surface area contributed by atoms with Crippen molar-refractivity contribution in [2.45, 2.75) is 12.8 Å². The van der Waals surface area contributed by atoms with Crippen molar-refractivity contribution in [2.24, 2.45) is 10.3 Å². The van der Waals surface area contributed by atoms with E-state index in [1.54, 1.807) is 5.01 Å². The summed E-state index contributed by atoms with van der Waals surface area (Å²) in [6.45, 7) is 1.45. The minimum absolute atomic E-state index is 0.0626. The Bertz CT molecular complexity index is 502. The van der Waals surface area contributed by atoms with Crippen LogP contribution in [0.5, 0.6) is 0 Å². The van der Waals surface area contributed by atoms with Crippen LogP contribution in [0.2, 0.25) is 0 Å². The molecule has 4 nitrogen and oxygen atoms in total. The summed E-state index contributed by atoms with van der Waals surface area (Å²) in [4.78, 5) is 10.7. The van der Waals surface area contributed by atoms with E-state index < -0.39 is 17.3 Å². The van der Waals surface area contributed by atoms with E-state index in [1.807, 2.05) is 0 Å². The fourth-order valence-corrected chi connectivity index (χ4v) is 2.16. The Labute approximate surface area is 111 Å². The highest BCUT2D eigenvalue weighted by atomic mass is 79.9. The van der Waals surface area contributed by atoms with E-state index in [4.69, 9.17) is 0 Å². The molecule has 0 N–H and O–H groups in total. The van der Waals surface area contributed by atoms with Gasteiger partial charge in [-0.3, -0.25) is 9.80 Å². The van der Waals surface area contributed by atoms with Crippen molar-refractivity contribution in [3.05, 3.63) is 27.7 Å². The molecule has 1 fully saturated rings. The lowest BCUT2D eigenvalue weighted by Gasteiger charge is -2.08. The Morgan fingerprint density at radius 2 is 2.00 bits per heavy atom. The van der Waals surface area contributed by atoms with Gasteiger partial charge in [0.25, 0.3) is 0 Å². The van der Waals surface area contributed by atoms with Crippen LogP contribution in [0.15, 0.2) is 20.9 Å². The molecule has 1 heterocycles. The standard InChI is InChI=1S/C11H10BrF2N3O/c12-8-5-9(13)11(10(14)7(8)6-18)15-16-17-3-1-2-4-17/h5-6H,1-4H2/b16-15+. The van der Waals surface area contributed by atoms with E-state index in [-0.39, 0.29) is 10.0 Å². The molecule has 0 unspecified atom stereocenters. The molecule has 0 bridgehead atoms. The predicted octanol–water partition coefficient (Wildman–Crippen LogP) is 3.63. The van der Waals surface area contributed by atoms with Crippen molar-refractivity contribution >= 4 is 27.9 Å². The SMILES string of the molecule is O=Cc1c(Br)cc(F)c(/N=N/N2CCCC2)c1F. The molecule has 2 rings (SSSR count). The van der Waals surface area contributed by atoms with E-state index in [1.165, 1.54) is 0 Å². The molecule has 1 aromatic carbocycles. The third-order valence-electron chi connectivity index (χ3n) is 2.65. The molecule has 0 radical (unpaired) electrons. The summed E-state index contributed by atoms with van der Waals surface area (Å²) in [6.07, 6.45) is 2.29. The van der Waals surface area contributed by atoms with Crippen molar-refractivity contribution in [3.8, 4) is 0 Å². The van der Waals surface area contributed by atoms with Gasteiger partial charge in [0.1, 0.15) is 0 Å². The summed E-state index contributed by atoms with van der Waals surface area (Å²) in [5, 5.41) is 8.97. The molecule has 1 aliphatic rings. The van der Waals surface area contributed by atoms with Crippen LogP contribution in [0.4, 0.5) is 14.5 Å². The number of carbonyl (C=O) groups is 1. The third kappa shape index (κ3) is 2.55. The van der Waals surface area contributed by atoms with Gasteiger partial charge in [-0.1, -0.05) is 5.22 Å².